The fraction of sp³-hybridized carbons (Fsp3) is 0.619. The minimum atomic E-state index is -0.0432. The van der Waals surface area contributed by atoms with Crippen LogP contribution >= 0.6 is 24.2 Å². The number of halogens is 1. The molecule has 7 heteroatoms. The number of amides is 2. The normalized spacial score (nSPS) is 18.9. The van der Waals surface area contributed by atoms with Crippen molar-refractivity contribution in [1.82, 2.24) is 4.90 Å². The highest BCUT2D eigenvalue weighted by Gasteiger charge is 2.33. The second-order valence-electron chi connectivity index (χ2n) is 7.92. The van der Waals surface area contributed by atoms with Crippen LogP contribution < -0.4 is 11.1 Å². The summed E-state index contributed by atoms with van der Waals surface area (Å²) in [7, 11) is 0. The number of carbonyl (C=O) groups is 2. The lowest BCUT2D eigenvalue weighted by molar-refractivity contribution is -0.118. The molecule has 1 heterocycles. The van der Waals surface area contributed by atoms with Gasteiger partial charge in [-0.05, 0) is 55.5 Å². The third-order valence-corrected chi connectivity index (χ3v) is 6.87. The van der Waals surface area contributed by atoms with Gasteiger partial charge in [0.2, 0.25) is 5.91 Å². The van der Waals surface area contributed by atoms with E-state index in [9.17, 15) is 9.59 Å². The monoisotopic (exact) mass is 425 g/mol. The molecule has 1 saturated heterocycles. The zero-order valence-corrected chi connectivity index (χ0v) is 18.3. The van der Waals surface area contributed by atoms with Gasteiger partial charge in [0.15, 0.2) is 0 Å². The van der Waals surface area contributed by atoms with Crippen LogP contribution in [0.3, 0.4) is 0 Å². The Labute approximate surface area is 178 Å². The Hall–Kier alpha value is -1.24. The summed E-state index contributed by atoms with van der Waals surface area (Å²) < 4.78 is 0. The fourth-order valence-corrected chi connectivity index (χ4v) is 5.08. The Balaban J connectivity index is 0.00000280. The van der Waals surface area contributed by atoms with Crippen LogP contribution in [0.5, 0.6) is 0 Å². The predicted molar refractivity (Wildman–Crippen MR) is 119 cm³/mol. The Morgan fingerprint density at radius 3 is 2.46 bits per heavy atom. The van der Waals surface area contributed by atoms with Gasteiger partial charge in [0.1, 0.15) is 0 Å². The quantitative estimate of drug-likeness (QED) is 0.751. The van der Waals surface area contributed by atoms with Crippen molar-refractivity contribution >= 4 is 41.7 Å². The van der Waals surface area contributed by atoms with E-state index in [0.29, 0.717) is 18.5 Å². The van der Waals surface area contributed by atoms with Crippen molar-refractivity contribution in [3.05, 3.63) is 29.3 Å². The maximum Gasteiger partial charge on any atom is 0.253 e. The molecule has 28 heavy (non-hydrogen) atoms. The average Bonchev–Trinajstić information content (AvgIpc) is 2.70. The Morgan fingerprint density at radius 1 is 1.18 bits per heavy atom. The SMILES string of the molecule is Cc1cc(C(=O)N2CCSCC2)ccc1NC(=O)CC1(CN)CCCCC1.Cl. The number of benzene rings is 1. The zero-order valence-electron chi connectivity index (χ0n) is 16.7. The molecule has 2 amide bonds. The van der Waals surface area contributed by atoms with Gasteiger partial charge in [-0.15, -0.1) is 12.4 Å². The molecule has 0 unspecified atom stereocenters. The number of thioether (sulfide) groups is 1. The van der Waals surface area contributed by atoms with Gasteiger partial charge in [-0.25, -0.2) is 0 Å². The highest BCUT2D eigenvalue weighted by Crippen LogP contribution is 2.38. The van der Waals surface area contributed by atoms with Gasteiger partial charge in [0.25, 0.3) is 5.91 Å². The second kappa shape index (κ2) is 10.5. The van der Waals surface area contributed by atoms with E-state index in [4.69, 9.17) is 5.73 Å². The lowest BCUT2D eigenvalue weighted by Crippen LogP contribution is -2.38. The topological polar surface area (TPSA) is 75.4 Å². The summed E-state index contributed by atoms with van der Waals surface area (Å²) in [6.45, 7) is 4.13. The minimum Gasteiger partial charge on any atom is -0.337 e. The summed E-state index contributed by atoms with van der Waals surface area (Å²) in [6, 6.07) is 5.57. The summed E-state index contributed by atoms with van der Waals surface area (Å²) in [5.74, 6) is 2.11. The zero-order chi connectivity index (χ0) is 19.3. The molecule has 0 radical (unpaired) electrons. The molecular formula is C21H32ClN3O2S. The number of nitrogens with one attached hydrogen (secondary N) is 1. The van der Waals surface area contributed by atoms with Gasteiger partial charge < -0.3 is 16.0 Å². The van der Waals surface area contributed by atoms with E-state index in [1.54, 1.807) is 0 Å². The molecule has 0 spiro atoms. The lowest BCUT2D eigenvalue weighted by atomic mass is 9.71. The van der Waals surface area contributed by atoms with Crippen LogP contribution in [-0.2, 0) is 4.79 Å². The van der Waals surface area contributed by atoms with Crippen LogP contribution in [0.1, 0.15) is 54.4 Å². The first-order valence-corrected chi connectivity index (χ1v) is 11.2. The van der Waals surface area contributed by atoms with Crippen molar-refractivity contribution in [3.63, 3.8) is 0 Å². The molecule has 156 valence electrons. The summed E-state index contributed by atoms with van der Waals surface area (Å²) in [4.78, 5) is 27.2. The molecule has 0 aromatic heterocycles. The van der Waals surface area contributed by atoms with Crippen molar-refractivity contribution in [2.75, 3.05) is 36.5 Å². The highest BCUT2D eigenvalue weighted by molar-refractivity contribution is 7.99. The van der Waals surface area contributed by atoms with Crippen molar-refractivity contribution in [2.45, 2.75) is 45.4 Å². The van der Waals surface area contributed by atoms with E-state index in [0.717, 1.165) is 61.5 Å². The van der Waals surface area contributed by atoms with Gasteiger partial charge in [0, 0.05) is 42.3 Å². The number of rotatable bonds is 5. The molecule has 3 N–H and O–H groups in total. The third kappa shape index (κ3) is 5.65. The van der Waals surface area contributed by atoms with Crippen molar-refractivity contribution in [3.8, 4) is 0 Å². The second-order valence-corrected chi connectivity index (χ2v) is 9.15. The molecule has 1 aliphatic heterocycles. The number of nitrogens with zero attached hydrogens (tertiary/aromatic N) is 1. The van der Waals surface area contributed by atoms with Gasteiger partial charge >= 0.3 is 0 Å². The van der Waals surface area contributed by atoms with Crippen molar-refractivity contribution in [1.29, 1.82) is 0 Å². The Kier molecular flexibility index (Phi) is 8.65. The van der Waals surface area contributed by atoms with E-state index in [1.807, 2.05) is 41.8 Å². The van der Waals surface area contributed by atoms with Gasteiger partial charge in [-0.2, -0.15) is 11.8 Å². The molecular weight excluding hydrogens is 394 g/mol. The van der Waals surface area contributed by atoms with Crippen LogP contribution in [0.25, 0.3) is 0 Å². The van der Waals surface area contributed by atoms with Crippen LogP contribution in [0.15, 0.2) is 18.2 Å². The number of nitrogens with two attached hydrogens (primary N) is 1. The number of aryl methyl sites for hydroxylation is 1. The summed E-state index contributed by atoms with van der Waals surface area (Å²) >= 11 is 1.89. The molecule has 3 rings (SSSR count). The molecule has 1 aromatic carbocycles. The summed E-state index contributed by atoms with van der Waals surface area (Å²) in [5.41, 5.74) is 8.37. The van der Waals surface area contributed by atoms with E-state index in [2.05, 4.69) is 5.32 Å². The average molecular weight is 426 g/mol. The van der Waals surface area contributed by atoms with Gasteiger partial charge in [0.05, 0.1) is 0 Å². The van der Waals surface area contributed by atoms with Crippen LogP contribution in [0.2, 0.25) is 0 Å². The molecule has 5 nitrogen and oxygen atoms in total. The fourth-order valence-electron chi connectivity index (χ4n) is 4.18. The molecule has 1 saturated carbocycles. The van der Waals surface area contributed by atoms with Crippen LogP contribution in [0.4, 0.5) is 5.69 Å². The van der Waals surface area contributed by atoms with Gasteiger partial charge in [-0.3, -0.25) is 9.59 Å². The number of hydrogen-bond acceptors (Lipinski definition) is 4. The molecule has 0 atom stereocenters. The number of carbonyl (C=O) groups excluding carboxylic acids is 2. The van der Waals surface area contributed by atoms with Crippen molar-refractivity contribution < 1.29 is 9.59 Å². The molecule has 1 aromatic rings. The van der Waals surface area contributed by atoms with E-state index in [-0.39, 0.29) is 29.6 Å². The molecule has 1 aliphatic carbocycles. The summed E-state index contributed by atoms with van der Waals surface area (Å²) in [5, 5.41) is 3.04. The number of hydrogen-bond donors (Lipinski definition) is 2. The largest absolute Gasteiger partial charge is 0.337 e. The Morgan fingerprint density at radius 2 is 1.86 bits per heavy atom. The lowest BCUT2D eigenvalue weighted by Gasteiger charge is -2.35. The van der Waals surface area contributed by atoms with Crippen LogP contribution in [-0.4, -0.2) is 47.9 Å². The van der Waals surface area contributed by atoms with Crippen LogP contribution in [0, 0.1) is 12.3 Å². The number of anilines is 1. The first kappa shape index (κ1) is 23.0. The van der Waals surface area contributed by atoms with E-state index < -0.39 is 0 Å². The molecule has 2 aliphatic rings. The standard InChI is InChI=1S/C21H31N3O2S.ClH/c1-16-13-17(20(26)24-9-11-27-12-10-24)5-6-18(16)23-19(25)14-21(15-22)7-3-2-4-8-21;/h5-6,13H,2-4,7-12,14-15,22H2,1H3,(H,23,25);1H. The van der Waals surface area contributed by atoms with Gasteiger partial charge in [-0.1, -0.05) is 19.3 Å². The maximum atomic E-state index is 12.6. The third-order valence-electron chi connectivity index (χ3n) is 5.93. The molecule has 2 fully saturated rings. The maximum absolute atomic E-state index is 12.6. The van der Waals surface area contributed by atoms with E-state index in [1.165, 1.54) is 6.42 Å². The summed E-state index contributed by atoms with van der Waals surface area (Å²) in [6.07, 6.45) is 6.13. The smallest absolute Gasteiger partial charge is 0.253 e. The highest BCUT2D eigenvalue weighted by atomic mass is 35.5. The first-order valence-electron chi connectivity index (χ1n) is 10.0. The first-order chi connectivity index (χ1) is 13.0. The minimum absolute atomic E-state index is 0. The molecule has 0 bridgehead atoms. The van der Waals surface area contributed by atoms with E-state index >= 15 is 0 Å². The van der Waals surface area contributed by atoms with Crippen molar-refractivity contribution in [2.24, 2.45) is 11.1 Å². The predicted octanol–water partition coefficient (Wildman–Crippen LogP) is 3.84. The Bertz CT molecular complexity index is 686.